The topological polar surface area (TPSA) is 237 Å². The van der Waals surface area contributed by atoms with Gasteiger partial charge in [0.2, 0.25) is 0 Å². The van der Waals surface area contributed by atoms with Crippen LogP contribution >= 0.6 is 15.6 Å². The van der Waals surface area contributed by atoms with Gasteiger partial charge in [-0.05, 0) is 43.4 Å². The SMILES string of the molecule is CCCCCCCCCCCCCCCCC(=O)O[C@H](COC(=O)CCCCCCCCCCCC(C)C)COP(=O)(O)OC[C@H](O)COP(=O)(O)OC[C@@H](COC(=O)CCCCCCCCCCCCCC(C)C)OC(=O)CCCCCCCCCCCCCCCCCCCCC(C)CC. The Balaban J connectivity index is 5.23. The van der Waals surface area contributed by atoms with Crippen LogP contribution in [0.4, 0.5) is 0 Å². The van der Waals surface area contributed by atoms with Gasteiger partial charge in [-0.3, -0.25) is 37.3 Å². The van der Waals surface area contributed by atoms with E-state index in [9.17, 15) is 43.2 Å². The molecule has 0 aliphatic carbocycles. The Morgan fingerprint density at radius 2 is 0.500 bits per heavy atom. The smallest absolute Gasteiger partial charge is 0.462 e. The van der Waals surface area contributed by atoms with E-state index in [1.54, 1.807) is 0 Å². The number of rotatable bonds is 81. The molecule has 0 heterocycles. The lowest BCUT2D eigenvalue weighted by Crippen LogP contribution is -2.30. The van der Waals surface area contributed by atoms with Crippen LogP contribution in [0.2, 0.25) is 0 Å². The molecule has 0 fully saturated rings. The normalized spacial score (nSPS) is 14.2. The predicted octanol–water partition coefficient (Wildman–Crippen LogP) is 24.9. The highest BCUT2D eigenvalue weighted by atomic mass is 31.2. The van der Waals surface area contributed by atoms with Crippen LogP contribution in [0.3, 0.4) is 0 Å². The van der Waals surface area contributed by atoms with Gasteiger partial charge in [0, 0.05) is 25.7 Å². The van der Waals surface area contributed by atoms with Crippen LogP contribution < -0.4 is 0 Å². The van der Waals surface area contributed by atoms with Crippen LogP contribution in [0, 0.1) is 17.8 Å². The van der Waals surface area contributed by atoms with Gasteiger partial charge in [-0.25, -0.2) is 9.13 Å². The Kier molecular flexibility index (Phi) is 71.8. The maximum absolute atomic E-state index is 13.1. The van der Waals surface area contributed by atoms with Crippen LogP contribution in [0.25, 0.3) is 0 Å². The minimum Gasteiger partial charge on any atom is -0.462 e. The van der Waals surface area contributed by atoms with Crippen molar-refractivity contribution in [3.05, 3.63) is 0 Å². The second kappa shape index (κ2) is 73.2. The Morgan fingerprint density at radius 3 is 0.745 bits per heavy atom. The number of hydrogen-bond acceptors (Lipinski definition) is 15. The Morgan fingerprint density at radius 1 is 0.284 bits per heavy atom. The number of unbranched alkanes of at least 4 members (excludes halogenated alkanes) is 48. The molecule has 3 N–H and O–H groups in total. The monoisotopic (exact) mass is 1490 g/mol. The van der Waals surface area contributed by atoms with E-state index in [-0.39, 0.29) is 25.7 Å². The summed E-state index contributed by atoms with van der Waals surface area (Å²) in [5, 5.41) is 10.7. The van der Waals surface area contributed by atoms with E-state index in [0.717, 1.165) is 108 Å². The van der Waals surface area contributed by atoms with Crippen molar-refractivity contribution in [1.29, 1.82) is 0 Å². The van der Waals surface area contributed by atoms with E-state index in [1.165, 1.54) is 244 Å². The molecule has 0 rings (SSSR count). The lowest BCUT2D eigenvalue weighted by atomic mass is 9.99. The molecule has 0 aromatic heterocycles. The van der Waals surface area contributed by atoms with Crippen LogP contribution in [-0.4, -0.2) is 96.7 Å². The molecule has 0 saturated carbocycles. The lowest BCUT2D eigenvalue weighted by molar-refractivity contribution is -0.161. The summed E-state index contributed by atoms with van der Waals surface area (Å²) in [6, 6.07) is 0. The van der Waals surface area contributed by atoms with Gasteiger partial charge >= 0.3 is 39.5 Å². The first kappa shape index (κ1) is 100. The van der Waals surface area contributed by atoms with Crippen molar-refractivity contribution < 1.29 is 80.2 Å². The summed E-state index contributed by atoms with van der Waals surface area (Å²) < 4.78 is 68.8. The van der Waals surface area contributed by atoms with Gasteiger partial charge in [-0.2, -0.15) is 0 Å². The summed E-state index contributed by atoms with van der Waals surface area (Å²) in [6.07, 6.45) is 62.4. The third-order valence-corrected chi connectivity index (χ3v) is 21.6. The molecule has 0 aliphatic rings. The summed E-state index contributed by atoms with van der Waals surface area (Å²) in [6.45, 7) is 12.0. The Bertz CT molecular complexity index is 1980. The van der Waals surface area contributed by atoms with Gasteiger partial charge in [0.1, 0.15) is 19.3 Å². The zero-order valence-corrected chi connectivity index (χ0v) is 68.9. The van der Waals surface area contributed by atoms with Crippen molar-refractivity contribution in [2.24, 2.45) is 17.8 Å². The number of phosphoric ester groups is 2. The summed E-state index contributed by atoms with van der Waals surface area (Å²) in [5.74, 6) is 0.278. The fourth-order valence-corrected chi connectivity index (χ4v) is 14.4. The molecular weight excluding hydrogens is 1330 g/mol. The Hall–Kier alpha value is -1.94. The van der Waals surface area contributed by atoms with Crippen molar-refractivity contribution in [2.75, 3.05) is 39.6 Å². The first-order valence-electron chi connectivity index (χ1n) is 42.9. The van der Waals surface area contributed by atoms with E-state index in [4.69, 9.17) is 37.0 Å². The minimum atomic E-state index is -4.96. The fourth-order valence-electron chi connectivity index (χ4n) is 12.8. The Labute approximate surface area is 626 Å². The molecule has 606 valence electrons. The van der Waals surface area contributed by atoms with E-state index in [2.05, 4.69) is 48.5 Å². The molecule has 0 saturated heterocycles. The van der Waals surface area contributed by atoms with Crippen molar-refractivity contribution in [3.8, 4) is 0 Å². The molecule has 0 spiro atoms. The van der Waals surface area contributed by atoms with Gasteiger partial charge in [0.05, 0.1) is 26.4 Å². The summed E-state index contributed by atoms with van der Waals surface area (Å²) >= 11 is 0. The van der Waals surface area contributed by atoms with Gasteiger partial charge in [-0.15, -0.1) is 0 Å². The van der Waals surface area contributed by atoms with Crippen LogP contribution in [0.5, 0.6) is 0 Å². The van der Waals surface area contributed by atoms with Crippen LogP contribution in [-0.2, 0) is 65.4 Å². The largest absolute Gasteiger partial charge is 0.472 e. The molecule has 19 heteroatoms. The third-order valence-electron chi connectivity index (χ3n) is 19.7. The number of phosphoric acid groups is 2. The second-order valence-corrected chi connectivity index (χ2v) is 34.0. The van der Waals surface area contributed by atoms with E-state index in [0.29, 0.717) is 25.7 Å². The molecular formula is C83H162O17P2. The highest BCUT2D eigenvalue weighted by Crippen LogP contribution is 2.45. The number of aliphatic hydroxyl groups excluding tert-OH is 1. The quantitative estimate of drug-likeness (QED) is 0.0222. The average molecular weight is 1490 g/mol. The zero-order valence-electron chi connectivity index (χ0n) is 67.1. The highest BCUT2D eigenvalue weighted by molar-refractivity contribution is 7.47. The predicted molar refractivity (Wildman–Crippen MR) is 418 cm³/mol. The summed E-state index contributed by atoms with van der Waals surface area (Å²) in [5.41, 5.74) is 0. The molecule has 0 aromatic rings. The summed E-state index contributed by atoms with van der Waals surface area (Å²) in [4.78, 5) is 73.1. The molecule has 102 heavy (non-hydrogen) atoms. The number of hydrogen-bond donors (Lipinski definition) is 3. The first-order valence-corrected chi connectivity index (χ1v) is 45.9. The molecule has 0 aliphatic heterocycles. The van der Waals surface area contributed by atoms with Crippen molar-refractivity contribution in [1.82, 2.24) is 0 Å². The van der Waals surface area contributed by atoms with Crippen LogP contribution in [0.1, 0.15) is 434 Å². The standard InChI is InChI=1S/C83H162O17P2/c1-8-10-11-12-13-14-15-16-24-29-37-45-52-59-66-82(87)100-79(71-94-81(86)65-58-51-44-39-32-34-41-48-55-62-75(5)6)73-98-102(91,92)96-69-77(84)68-95-101(89,90)97-72-78(70-93-80(85)64-57-50-43-36-31-26-27-33-40-47-54-61-74(3)4)99-83(88)67-60-53-46-38-30-25-22-20-18-17-19-21-23-28-35-42-49-56-63-76(7)9-2/h74-79,84H,8-73H2,1-7H3,(H,89,90)(H,91,92)/t76?,77-,78-,79-/m1/s1. The molecule has 6 atom stereocenters. The molecule has 0 radical (unpaired) electrons. The van der Waals surface area contributed by atoms with Crippen molar-refractivity contribution in [3.63, 3.8) is 0 Å². The van der Waals surface area contributed by atoms with Gasteiger partial charge in [0.15, 0.2) is 12.2 Å². The number of aliphatic hydroxyl groups is 1. The van der Waals surface area contributed by atoms with E-state index in [1.807, 2.05) is 0 Å². The number of carbonyl (C=O) groups excluding carboxylic acids is 4. The molecule has 0 aromatic carbocycles. The number of ether oxygens (including phenoxy) is 4. The average Bonchev–Trinajstić information content (AvgIpc) is 0.912. The first-order chi connectivity index (χ1) is 49.3. The van der Waals surface area contributed by atoms with Gasteiger partial charge < -0.3 is 33.8 Å². The molecule has 3 unspecified atom stereocenters. The van der Waals surface area contributed by atoms with E-state index >= 15 is 0 Å². The fraction of sp³-hybridized carbons (Fsp3) is 0.952. The minimum absolute atomic E-state index is 0.108. The maximum atomic E-state index is 13.1. The molecule has 17 nitrogen and oxygen atoms in total. The lowest BCUT2D eigenvalue weighted by Gasteiger charge is -2.21. The molecule has 0 amide bonds. The van der Waals surface area contributed by atoms with E-state index < -0.39 is 97.5 Å². The number of esters is 4. The number of carbonyl (C=O) groups is 4. The van der Waals surface area contributed by atoms with Crippen molar-refractivity contribution >= 4 is 39.5 Å². The van der Waals surface area contributed by atoms with Crippen LogP contribution in [0.15, 0.2) is 0 Å². The third kappa shape index (κ3) is 74.9. The summed E-state index contributed by atoms with van der Waals surface area (Å²) in [7, 11) is -9.92. The zero-order chi connectivity index (χ0) is 75.1. The van der Waals surface area contributed by atoms with Gasteiger partial charge in [0.25, 0.3) is 0 Å². The van der Waals surface area contributed by atoms with Gasteiger partial charge in [-0.1, -0.05) is 382 Å². The van der Waals surface area contributed by atoms with Crippen molar-refractivity contribution in [2.45, 2.75) is 452 Å². The molecule has 0 bridgehead atoms. The highest BCUT2D eigenvalue weighted by Gasteiger charge is 2.30. The maximum Gasteiger partial charge on any atom is 0.472 e. The second-order valence-electron chi connectivity index (χ2n) is 31.1.